The van der Waals surface area contributed by atoms with Gasteiger partial charge in [0.1, 0.15) is 14.3 Å². The van der Waals surface area contributed by atoms with Gasteiger partial charge in [-0.2, -0.15) is 0 Å². The highest BCUT2D eigenvalue weighted by atomic mass is 19.1. The molecule has 2 atom stereocenters. The summed E-state index contributed by atoms with van der Waals surface area (Å²) < 4.78 is 120. The normalized spacial score (nSPS) is 36.9. The molecule has 0 amide bonds. The van der Waals surface area contributed by atoms with Crippen LogP contribution in [-0.2, 0) is 0 Å². The number of piperidine rings is 1. The van der Waals surface area contributed by atoms with Gasteiger partial charge < -0.3 is 19.5 Å². The summed E-state index contributed by atoms with van der Waals surface area (Å²) in [6.07, 6.45) is -0.330. The molecule has 0 spiro atoms. The van der Waals surface area contributed by atoms with Gasteiger partial charge in [-0.25, -0.2) is 4.39 Å². The van der Waals surface area contributed by atoms with Crippen LogP contribution >= 0.6 is 0 Å². The van der Waals surface area contributed by atoms with Gasteiger partial charge in [-0.15, -0.1) is 0 Å². The first-order valence-electron chi connectivity index (χ1n) is 12.7. The van der Waals surface area contributed by atoms with Crippen molar-refractivity contribution in [3.63, 3.8) is 0 Å². The van der Waals surface area contributed by atoms with E-state index in [9.17, 15) is 4.39 Å². The first-order chi connectivity index (χ1) is 16.0. The highest BCUT2D eigenvalue weighted by Crippen LogP contribution is 2.36. The third-order valence-corrected chi connectivity index (χ3v) is 3.54. The van der Waals surface area contributed by atoms with Crippen molar-refractivity contribution in [3.8, 4) is 17.2 Å². The fourth-order valence-electron chi connectivity index (χ4n) is 2.38. The number of hydrogen-bond donors (Lipinski definition) is 1. The van der Waals surface area contributed by atoms with Gasteiger partial charge in [0.15, 0.2) is 11.5 Å². The first kappa shape index (κ1) is 7.31. The maximum absolute atomic E-state index is 14.1. The number of benzene rings is 2. The molecule has 2 aromatic rings. The molecule has 0 aromatic heterocycles. The van der Waals surface area contributed by atoms with Gasteiger partial charge in [0, 0.05) is 22.6 Å². The standard InChI is InChI=1S/C19H20FNO3/c20-15-3-1-13(2-4-15)17-7-8-21-10-14(17)11-22-16-5-6-18-19(9-16)24-12-23-18/h1-6,9,14,17,21H,7-8,10-12H2/t14-,17?/m0/s1/i1D,2D,3D,4D,10D2,11D2,12D2,17D. The topological polar surface area (TPSA) is 39.7 Å². The number of nitrogens with one attached hydrogen (secondary N) is 1. The lowest BCUT2D eigenvalue weighted by atomic mass is 9.81. The molecule has 2 aromatic carbocycles. The summed E-state index contributed by atoms with van der Waals surface area (Å²) in [6.45, 7) is -8.24. The maximum Gasteiger partial charge on any atom is 0.231 e. The highest BCUT2D eigenvalue weighted by Gasteiger charge is 2.27. The average molecular weight is 340 g/mol. The van der Waals surface area contributed by atoms with E-state index in [-0.39, 0.29) is 30.2 Å². The molecule has 0 saturated carbocycles. The summed E-state index contributed by atoms with van der Waals surface area (Å²) in [5.74, 6) is -6.17. The molecule has 126 valence electrons. The Morgan fingerprint density at radius 2 is 2.17 bits per heavy atom. The predicted molar refractivity (Wildman–Crippen MR) is 88.2 cm³/mol. The van der Waals surface area contributed by atoms with E-state index in [4.69, 9.17) is 29.3 Å². The molecule has 2 heterocycles. The summed E-state index contributed by atoms with van der Waals surface area (Å²) in [4.78, 5) is 0. The molecule has 4 rings (SSSR count). The SMILES string of the molecule is [2H]c1c([2H])c(C2([2H])CCNC([2H])([2H])[C@H]2C([2H])([2H])Oc2ccc3c(c2)OC([2H])([2H])O3)c([2H])c([2H])c1F. The Balaban J connectivity index is 1.81. The van der Waals surface area contributed by atoms with Gasteiger partial charge in [0.25, 0.3) is 0 Å². The molecule has 2 aliphatic heterocycles. The Morgan fingerprint density at radius 3 is 3.04 bits per heavy atom. The van der Waals surface area contributed by atoms with Crippen LogP contribution in [0.25, 0.3) is 0 Å². The largest absolute Gasteiger partial charge is 0.493 e. The Morgan fingerprint density at radius 1 is 1.33 bits per heavy atom. The van der Waals surface area contributed by atoms with E-state index >= 15 is 0 Å². The summed E-state index contributed by atoms with van der Waals surface area (Å²) in [5, 5.41) is 2.47. The quantitative estimate of drug-likeness (QED) is 0.927. The number of halogens is 1. The average Bonchev–Trinajstić information content (AvgIpc) is 3.02. The summed E-state index contributed by atoms with van der Waals surface area (Å²) in [6, 6.07) is -0.274. The molecule has 1 fully saturated rings. The summed E-state index contributed by atoms with van der Waals surface area (Å²) in [5.41, 5.74) is -0.643. The third kappa shape index (κ3) is 3.17. The lowest BCUT2D eigenvalue weighted by Gasteiger charge is -2.32. The van der Waals surface area contributed by atoms with Gasteiger partial charge in [-0.3, -0.25) is 0 Å². The van der Waals surface area contributed by atoms with Gasteiger partial charge >= 0.3 is 0 Å². The van der Waals surface area contributed by atoms with Crippen LogP contribution in [0, 0.1) is 11.7 Å². The van der Waals surface area contributed by atoms with Crippen LogP contribution in [0.5, 0.6) is 17.2 Å². The minimum atomic E-state index is -3.00. The Kier molecular flexibility index (Phi) is 2.04. The monoisotopic (exact) mass is 340 g/mol. The van der Waals surface area contributed by atoms with Crippen molar-refractivity contribution in [1.82, 2.24) is 5.32 Å². The zero-order chi connectivity index (χ0) is 26.1. The number of rotatable bonds is 4. The molecule has 1 saturated heterocycles. The van der Waals surface area contributed by atoms with Crippen molar-refractivity contribution >= 4 is 0 Å². The molecule has 0 radical (unpaired) electrons. The van der Waals surface area contributed by atoms with E-state index in [1.54, 1.807) is 0 Å². The Labute approximate surface area is 156 Å². The van der Waals surface area contributed by atoms with Gasteiger partial charge in [-0.05, 0) is 48.6 Å². The van der Waals surface area contributed by atoms with Crippen LogP contribution in [-0.4, -0.2) is 26.3 Å². The maximum atomic E-state index is 14.1. The molecule has 2 aliphatic rings. The van der Waals surface area contributed by atoms with Crippen LogP contribution in [0.3, 0.4) is 0 Å². The summed E-state index contributed by atoms with van der Waals surface area (Å²) in [7, 11) is 0. The smallest absolute Gasteiger partial charge is 0.231 e. The fourth-order valence-corrected chi connectivity index (χ4v) is 2.38. The second-order valence-electron chi connectivity index (χ2n) is 5.08. The second kappa shape index (κ2) is 6.69. The van der Waals surface area contributed by atoms with E-state index in [1.165, 1.54) is 12.1 Å². The molecular weight excluding hydrogens is 309 g/mol. The van der Waals surface area contributed by atoms with Gasteiger partial charge in [-0.1, -0.05) is 12.1 Å². The van der Waals surface area contributed by atoms with Gasteiger partial charge in [0.05, 0.1) is 14.8 Å². The van der Waals surface area contributed by atoms with Crippen molar-refractivity contribution in [2.75, 3.05) is 26.3 Å². The highest BCUT2D eigenvalue weighted by molar-refractivity contribution is 5.46. The summed E-state index contributed by atoms with van der Waals surface area (Å²) >= 11 is 0. The Hall–Kier alpha value is -2.27. The molecule has 1 unspecified atom stereocenters. The first-order valence-corrected chi connectivity index (χ1v) is 7.22. The third-order valence-electron chi connectivity index (χ3n) is 3.54. The lowest BCUT2D eigenvalue weighted by molar-refractivity contribution is 0.173. The minimum absolute atomic E-state index is 0.0300. The molecule has 5 heteroatoms. The van der Waals surface area contributed by atoms with E-state index in [0.29, 0.717) is 0 Å². The molecule has 4 nitrogen and oxygen atoms in total. The fraction of sp³-hybridized carbons (Fsp3) is 0.368. The van der Waals surface area contributed by atoms with Crippen molar-refractivity contribution in [1.29, 1.82) is 0 Å². The van der Waals surface area contributed by atoms with E-state index in [0.717, 1.165) is 6.07 Å². The molecule has 0 aliphatic carbocycles. The number of fused-ring (bicyclic) bond motifs is 1. The van der Waals surface area contributed by atoms with Crippen LogP contribution in [0.1, 0.15) is 33.0 Å². The molecule has 24 heavy (non-hydrogen) atoms. The number of ether oxygens (including phenoxy) is 3. The van der Waals surface area contributed by atoms with Crippen LogP contribution in [0.4, 0.5) is 4.39 Å². The second-order valence-corrected chi connectivity index (χ2v) is 5.08. The predicted octanol–water partition coefficient (Wildman–Crippen LogP) is 3.33. The zero-order valence-electron chi connectivity index (χ0n) is 23.3. The van der Waals surface area contributed by atoms with E-state index in [1.807, 2.05) is 0 Å². The molecule has 1 N–H and O–H groups in total. The molecular formula is C19H20FNO3. The molecule has 0 bridgehead atoms. The van der Waals surface area contributed by atoms with Crippen molar-refractivity contribution < 1.29 is 33.7 Å². The van der Waals surface area contributed by atoms with Gasteiger partial charge in [0.2, 0.25) is 6.75 Å². The zero-order valence-corrected chi connectivity index (χ0v) is 12.3. The van der Waals surface area contributed by atoms with Crippen LogP contribution < -0.4 is 19.5 Å². The number of hydrogen-bond acceptors (Lipinski definition) is 4. The van der Waals surface area contributed by atoms with E-state index in [2.05, 4.69) is 5.32 Å². The van der Waals surface area contributed by atoms with Crippen molar-refractivity contribution in [2.45, 2.75) is 12.3 Å². The Bertz CT molecular complexity index is 1170. The van der Waals surface area contributed by atoms with Crippen molar-refractivity contribution in [2.24, 2.45) is 5.92 Å². The van der Waals surface area contributed by atoms with Crippen LogP contribution in [0.2, 0.25) is 0 Å². The minimum Gasteiger partial charge on any atom is -0.493 e. The van der Waals surface area contributed by atoms with E-state index < -0.39 is 67.2 Å². The van der Waals surface area contributed by atoms with Crippen LogP contribution in [0.15, 0.2) is 42.4 Å². The lowest BCUT2D eigenvalue weighted by Crippen LogP contribution is -2.38. The van der Waals surface area contributed by atoms with Crippen molar-refractivity contribution in [3.05, 3.63) is 53.7 Å².